The average Bonchev–Trinajstić information content (AvgIpc) is 3.42. The molecule has 1 fully saturated rings. The van der Waals surface area contributed by atoms with Crippen LogP contribution < -0.4 is 10.2 Å². The molecule has 4 rings (SSSR count). The van der Waals surface area contributed by atoms with Gasteiger partial charge in [-0.05, 0) is 55.3 Å². The number of amides is 3. The average molecular weight is 454 g/mol. The van der Waals surface area contributed by atoms with Crippen LogP contribution in [-0.4, -0.2) is 48.8 Å². The highest BCUT2D eigenvalue weighted by atomic mass is 35.5. The van der Waals surface area contributed by atoms with Crippen molar-refractivity contribution in [3.63, 3.8) is 0 Å². The van der Waals surface area contributed by atoms with Crippen molar-refractivity contribution >= 4 is 46.7 Å². The Kier molecular flexibility index (Phi) is 5.96. The summed E-state index contributed by atoms with van der Waals surface area (Å²) >= 11 is 6.17. The van der Waals surface area contributed by atoms with Gasteiger partial charge in [-0.3, -0.25) is 14.4 Å². The topological polar surface area (TPSA) is 96.0 Å². The molecule has 0 radical (unpaired) electrons. The van der Waals surface area contributed by atoms with E-state index in [0.717, 1.165) is 30.8 Å². The quantitative estimate of drug-likeness (QED) is 0.552. The molecule has 3 amide bonds. The van der Waals surface area contributed by atoms with Crippen molar-refractivity contribution in [1.29, 1.82) is 0 Å². The van der Waals surface area contributed by atoms with E-state index in [2.05, 4.69) is 10.1 Å². The Balaban J connectivity index is 1.52. The van der Waals surface area contributed by atoms with Crippen LogP contribution >= 0.6 is 11.6 Å². The number of methoxy groups -OCH3 is 1. The fourth-order valence-electron chi connectivity index (χ4n) is 3.68. The van der Waals surface area contributed by atoms with Crippen LogP contribution in [0.2, 0.25) is 0 Å². The van der Waals surface area contributed by atoms with Gasteiger partial charge in [0.1, 0.15) is 10.7 Å². The molecule has 2 aliphatic heterocycles. The molecular weight excluding hydrogens is 434 g/mol. The highest BCUT2D eigenvalue weighted by molar-refractivity contribution is 6.53. The Bertz CT molecular complexity index is 1140. The SMILES string of the molecule is COC(=O)c1cccc(N2C(=O)C(Cl)=C(Nc3ccc(C(=O)N4CCCC4)cc3)C2=O)c1. The smallest absolute Gasteiger partial charge is 0.337 e. The van der Waals surface area contributed by atoms with E-state index >= 15 is 0 Å². The zero-order valence-electron chi connectivity index (χ0n) is 17.3. The summed E-state index contributed by atoms with van der Waals surface area (Å²) in [6, 6.07) is 12.6. The molecule has 32 heavy (non-hydrogen) atoms. The Morgan fingerprint density at radius 1 is 0.969 bits per heavy atom. The van der Waals surface area contributed by atoms with Crippen LogP contribution in [0.5, 0.6) is 0 Å². The fourth-order valence-corrected chi connectivity index (χ4v) is 3.89. The first-order valence-corrected chi connectivity index (χ1v) is 10.4. The van der Waals surface area contributed by atoms with E-state index in [4.69, 9.17) is 11.6 Å². The lowest BCUT2D eigenvalue weighted by Gasteiger charge is -2.16. The summed E-state index contributed by atoms with van der Waals surface area (Å²) < 4.78 is 4.68. The molecule has 8 nitrogen and oxygen atoms in total. The van der Waals surface area contributed by atoms with E-state index in [1.54, 1.807) is 29.2 Å². The molecule has 2 aromatic rings. The number of hydrogen-bond donors (Lipinski definition) is 1. The fraction of sp³-hybridized carbons (Fsp3) is 0.217. The lowest BCUT2D eigenvalue weighted by molar-refractivity contribution is -0.120. The molecule has 0 atom stereocenters. The summed E-state index contributed by atoms with van der Waals surface area (Å²) in [7, 11) is 1.24. The number of anilines is 2. The highest BCUT2D eigenvalue weighted by Crippen LogP contribution is 2.30. The van der Waals surface area contributed by atoms with E-state index in [0.29, 0.717) is 11.3 Å². The predicted octanol–water partition coefficient (Wildman–Crippen LogP) is 3.14. The van der Waals surface area contributed by atoms with Gasteiger partial charge in [0.25, 0.3) is 17.7 Å². The second-order valence-corrected chi connectivity index (χ2v) is 7.76. The summed E-state index contributed by atoms with van der Waals surface area (Å²) in [5.74, 6) is -1.98. The van der Waals surface area contributed by atoms with E-state index in [1.165, 1.54) is 31.4 Å². The molecule has 2 aliphatic rings. The Morgan fingerprint density at radius 3 is 2.31 bits per heavy atom. The minimum atomic E-state index is -0.706. The number of nitrogens with one attached hydrogen (secondary N) is 1. The third-order valence-corrected chi connectivity index (χ3v) is 5.70. The number of hydrogen-bond acceptors (Lipinski definition) is 6. The molecule has 9 heteroatoms. The first-order chi connectivity index (χ1) is 15.4. The van der Waals surface area contributed by atoms with E-state index in [1.807, 2.05) is 0 Å². The van der Waals surface area contributed by atoms with Gasteiger partial charge < -0.3 is 15.0 Å². The van der Waals surface area contributed by atoms with E-state index < -0.39 is 17.8 Å². The number of halogens is 1. The summed E-state index contributed by atoms with van der Waals surface area (Å²) in [5.41, 5.74) is 1.36. The number of nitrogens with zero attached hydrogens (tertiary/aromatic N) is 2. The minimum absolute atomic E-state index is 0.0323. The maximum atomic E-state index is 13.0. The van der Waals surface area contributed by atoms with Crippen LogP contribution in [0, 0.1) is 0 Å². The Hall–Kier alpha value is -3.65. The van der Waals surface area contributed by atoms with Crippen LogP contribution in [0.3, 0.4) is 0 Å². The maximum absolute atomic E-state index is 13.0. The number of rotatable bonds is 5. The molecule has 2 heterocycles. The number of esters is 1. The summed E-state index contributed by atoms with van der Waals surface area (Å²) in [6.07, 6.45) is 2.01. The van der Waals surface area contributed by atoms with Crippen LogP contribution in [0.1, 0.15) is 33.6 Å². The van der Waals surface area contributed by atoms with Crippen molar-refractivity contribution in [2.45, 2.75) is 12.8 Å². The predicted molar refractivity (Wildman–Crippen MR) is 118 cm³/mol. The molecule has 164 valence electrons. The van der Waals surface area contributed by atoms with Gasteiger partial charge in [0.2, 0.25) is 0 Å². The van der Waals surface area contributed by atoms with E-state index in [9.17, 15) is 19.2 Å². The highest BCUT2D eigenvalue weighted by Gasteiger charge is 2.39. The van der Waals surface area contributed by atoms with E-state index in [-0.39, 0.29) is 27.9 Å². The summed E-state index contributed by atoms with van der Waals surface area (Å²) in [6.45, 7) is 1.51. The molecule has 0 spiro atoms. The maximum Gasteiger partial charge on any atom is 0.337 e. The first kappa shape index (κ1) is 21.6. The monoisotopic (exact) mass is 453 g/mol. The minimum Gasteiger partial charge on any atom is -0.465 e. The summed E-state index contributed by atoms with van der Waals surface area (Å²) in [4.78, 5) is 52.6. The van der Waals surface area contributed by atoms with Gasteiger partial charge in [0.05, 0.1) is 18.4 Å². The van der Waals surface area contributed by atoms with Gasteiger partial charge in [-0.1, -0.05) is 17.7 Å². The first-order valence-electron chi connectivity index (χ1n) is 10.0. The standard InChI is InChI=1S/C23H20ClN3O5/c1-32-23(31)15-5-4-6-17(13-15)27-21(29)18(24)19(22(27)30)25-16-9-7-14(8-10-16)20(28)26-11-2-3-12-26/h4-10,13,25H,2-3,11-12H2,1H3. The molecule has 1 saturated heterocycles. The largest absolute Gasteiger partial charge is 0.465 e. The summed E-state index contributed by atoms with van der Waals surface area (Å²) in [5, 5.41) is 2.61. The number of benzene rings is 2. The van der Waals surface area contributed by atoms with Crippen LogP contribution in [-0.2, 0) is 14.3 Å². The molecule has 0 unspecified atom stereocenters. The van der Waals surface area contributed by atoms with Crippen molar-refractivity contribution in [1.82, 2.24) is 4.90 Å². The number of carbonyl (C=O) groups is 4. The van der Waals surface area contributed by atoms with Gasteiger partial charge in [-0.25, -0.2) is 9.69 Å². The van der Waals surface area contributed by atoms with Crippen molar-refractivity contribution < 1.29 is 23.9 Å². The molecule has 2 aromatic carbocycles. The van der Waals surface area contributed by atoms with Crippen molar-refractivity contribution in [2.75, 3.05) is 30.4 Å². The lowest BCUT2D eigenvalue weighted by Crippen LogP contribution is -2.32. The van der Waals surface area contributed by atoms with Crippen molar-refractivity contribution in [3.05, 3.63) is 70.4 Å². The van der Waals surface area contributed by atoms with Crippen LogP contribution in [0.15, 0.2) is 59.3 Å². The Morgan fingerprint density at radius 2 is 1.66 bits per heavy atom. The van der Waals surface area contributed by atoms with Gasteiger partial charge in [-0.2, -0.15) is 0 Å². The number of carbonyl (C=O) groups excluding carboxylic acids is 4. The third-order valence-electron chi connectivity index (χ3n) is 5.35. The number of likely N-dealkylation sites (tertiary alicyclic amines) is 1. The lowest BCUT2D eigenvalue weighted by atomic mass is 10.1. The molecule has 0 bridgehead atoms. The zero-order valence-corrected chi connectivity index (χ0v) is 18.0. The van der Waals surface area contributed by atoms with Crippen molar-refractivity contribution in [2.24, 2.45) is 0 Å². The van der Waals surface area contributed by atoms with Crippen molar-refractivity contribution in [3.8, 4) is 0 Å². The third kappa shape index (κ3) is 3.97. The molecular formula is C23H20ClN3O5. The second kappa shape index (κ2) is 8.84. The van der Waals surface area contributed by atoms with Gasteiger partial charge >= 0.3 is 5.97 Å². The molecule has 0 saturated carbocycles. The number of ether oxygens (including phenoxy) is 1. The normalized spacial score (nSPS) is 16.1. The molecule has 0 aliphatic carbocycles. The van der Waals surface area contributed by atoms with Crippen LogP contribution in [0.25, 0.3) is 0 Å². The van der Waals surface area contributed by atoms with Gasteiger partial charge in [-0.15, -0.1) is 0 Å². The number of imide groups is 1. The Labute approximate surface area is 189 Å². The second-order valence-electron chi connectivity index (χ2n) is 7.38. The van der Waals surface area contributed by atoms with Gasteiger partial charge in [0, 0.05) is 24.3 Å². The van der Waals surface area contributed by atoms with Gasteiger partial charge in [0.15, 0.2) is 0 Å². The zero-order chi connectivity index (χ0) is 22.8. The molecule has 0 aromatic heterocycles. The molecule has 1 N–H and O–H groups in total. The van der Waals surface area contributed by atoms with Crippen LogP contribution in [0.4, 0.5) is 11.4 Å².